The molecule has 98 valence electrons. The third kappa shape index (κ3) is 3.07. The Morgan fingerprint density at radius 1 is 1.50 bits per heavy atom. The number of carbonyl (C=O) groups excluding carboxylic acids is 1. The molecule has 1 saturated carbocycles. The number of hydrogen-bond donors (Lipinski definition) is 1. The minimum absolute atomic E-state index is 0.0680. The summed E-state index contributed by atoms with van der Waals surface area (Å²) in [6, 6.07) is 1.40. The van der Waals surface area contributed by atoms with Crippen molar-refractivity contribution in [1.82, 2.24) is 10.3 Å². The number of halogens is 2. The van der Waals surface area contributed by atoms with Crippen molar-refractivity contribution < 1.29 is 9.18 Å². The SMILES string of the molecule is O=C(NCC1CCCC1CBr)c1ccncc1F. The maximum atomic E-state index is 13.4. The smallest absolute Gasteiger partial charge is 0.254 e. The number of amides is 1. The van der Waals surface area contributed by atoms with E-state index in [1.165, 1.54) is 25.1 Å². The molecule has 5 heteroatoms. The van der Waals surface area contributed by atoms with Gasteiger partial charge in [0, 0.05) is 18.1 Å². The number of rotatable bonds is 4. The lowest BCUT2D eigenvalue weighted by atomic mass is 9.98. The lowest BCUT2D eigenvalue weighted by molar-refractivity contribution is 0.0940. The van der Waals surface area contributed by atoms with Gasteiger partial charge in [0.15, 0.2) is 5.82 Å². The molecule has 0 aliphatic heterocycles. The molecule has 2 atom stereocenters. The maximum absolute atomic E-state index is 13.4. The van der Waals surface area contributed by atoms with Gasteiger partial charge in [-0.3, -0.25) is 9.78 Å². The second kappa shape index (κ2) is 6.27. The Balaban J connectivity index is 1.91. The number of aromatic nitrogens is 1. The Labute approximate surface area is 114 Å². The zero-order chi connectivity index (χ0) is 13.0. The largest absolute Gasteiger partial charge is 0.352 e. The Kier molecular flexibility index (Phi) is 4.69. The van der Waals surface area contributed by atoms with E-state index in [-0.39, 0.29) is 11.5 Å². The molecule has 18 heavy (non-hydrogen) atoms. The van der Waals surface area contributed by atoms with Crippen LogP contribution in [-0.4, -0.2) is 22.8 Å². The van der Waals surface area contributed by atoms with Crippen molar-refractivity contribution in [1.29, 1.82) is 0 Å². The maximum Gasteiger partial charge on any atom is 0.254 e. The molecule has 2 unspecified atom stereocenters. The topological polar surface area (TPSA) is 42.0 Å². The van der Waals surface area contributed by atoms with Gasteiger partial charge in [-0.15, -0.1) is 0 Å². The van der Waals surface area contributed by atoms with Crippen LogP contribution in [0.2, 0.25) is 0 Å². The van der Waals surface area contributed by atoms with Crippen LogP contribution in [0.4, 0.5) is 4.39 Å². The van der Waals surface area contributed by atoms with Crippen molar-refractivity contribution in [2.45, 2.75) is 19.3 Å². The first kappa shape index (κ1) is 13.5. The molecule has 1 heterocycles. The molecule has 0 saturated heterocycles. The van der Waals surface area contributed by atoms with Crippen LogP contribution >= 0.6 is 15.9 Å². The molecule has 1 fully saturated rings. The quantitative estimate of drug-likeness (QED) is 0.868. The van der Waals surface area contributed by atoms with Gasteiger partial charge < -0.3 is 5.32 Å². The van der Waals surface area contributed by atoms with E-state index < -0.39 is 5.82 Å². The van der Waals surface area contributed by atoms with E-state index in [0.717, 1.165) is 17.9 Å². The van der Waals surface area contributed by atoms with Gasteiger partial charge in [0.1, 0.15) is 0 Å². The number of nitrogens with zero attached hydrogens (tertiary/aromatic N) is 1. The molecular formula is C13H16BrFN2O. The van der Waals surface area contributed by atoms with E-state index in [1.807, 2.05) is 0 Å². The van der Waals surface area contributed by atoms with E-state index in [2.05, 4.69) is 26.2 Å². The summed E-state index contributed by atoms with van der Waals surface area (Å²) in [6.45, 7) is 0.622. The molecule has 1 aromatic rings. The number of hydrogen-bond acceptors (Lipinski definition) is 2. The monoisotopic (exact) mass is 314 g/mol. The Hall–Kier alpha value is -0.970. The summed E-state index contributed by atoms with van der Waals surface area (Å²) in [5, 5.41) is 3.79. The van der Waals surface area contributed by atoms with E-state index in [4.69, 9.17) is 0 Å². The van der Waals surface area contributed by atoms with Gasteiger partial charge in [-0.25, -0.2) is 4.39 Å². The number of alkyl halides is 1. The lowest BCUT2D eigenvalue weighted by Crippen LogP contribution is -2.31. The average molecular weight is 315 g/mol. The molecule has 1 aromatic heterocycles. The molecule has 1 N–H and O–H groups in total. The summed E-state index contributed by atoms with van der Waals surface area (Å²) in [7, 11) is 0. The third-order valence-electron chi connectivity index (χ3n) is 3.56. The first-order valence-electron chi connectivity index (χ1n) is 6.16. The summed E-state index contributed by atoms with van der Waals surface area (Å²) >= 11 is 3.50. The molecular weight excluding hydrogens is 299 g/mol. The van der Waals surface area contributed by atoms with Gasteiger partial charge in [-0.2, -0.15) is 0 Å². The normalized spacial score (nSPS) is 23.0. The molecule has 2 rings (SSSR count). The minimum atomic E-state index is -0.571. The fourth-order valence-corrected chi connectivity index (χ4v) is 3.32. The van der Waals surface area contributed by atoms with Crippen LogP contribution < -0.4 is 5.32 Å². The number of pyridine rings is 1. The van der Waals surface area contributed by atoms with E-state index in [9.17, 15) is 9.18 Å². The van der Waals surface area contributed by atoms with Crippen molar-refractivity contribution in [3.63, 3.8) is 0 Å². The van der Waals surface area contributed by atoms with Crippen LogP contribution in [0.1, 0.15) is 29.6 Å². The van der Waals surface area contributed by atoms with Crippen molar-refractivity contribution in [3.05, 3.63) is 29.8 Å². The van der Waals surface area contributed by atoms with E-state index in [0.29, 0.717) is 18.4 Å². The molecule has 0 bridgehead atoms. The first-order chi connectivity index (χ1) is 8.72. The minimum Gasteiger partial charge on any atom is -0.352 e. The summed E-state index contributed by atoms with van der Waals surface area (Å²) in [4.78, 5) is 15.5. The molecule has 3 nitrogen and oxygen atoms in total. The summed E-state index contributed by atoms with van der Waals surface area (Å²) in [5.74, 6) is 0.194. The Morgan fingerprint density at radius 3 is 3.00 bits per heavy atom. The van der Waals surface area contributed by atoms with Crippen molar-refractivity contribution in [3.8, 4) is 0 Å². The van der Waals surface area contributed by atoms with Gasteiger partial charge in [0.2, 0.25) is 0 Å². The Morgan fingerprint density at radius 2 is 2.28 bits per heavy atom. The highest BCUT2D eigenvalue weighted by molar-refractivity contribution is 9.09. The highest BCUT2D eigenvalue weighted by Gasteiger charge is 2.26. The second-order valence-electron chi connectivity index (χ2n) is 4.67. The van der Waals surface area contributed by atoms with E-state index >= 15 is 0 Å². The van der Waals surface area contributed by atoms with Crippen LogP contribution in [0.15, 0.2) is 18.5 Å². The second-order valence-corrected chi connectivity index (χ2v) is 5.32. The fourth-order valence-electron chi connectivity index (χ4n) is 2.46. The van der Waals surface area contributed by atoms with Crippen LogP contribution in [0.5, 0.6) is 0 Å². The van der Waals surface area contributed by atoms with Crippen LogP contribution in [0.3, 0.4) is 0 Å². The molecule has 0 radical (unpaired) electrons. The van der Waals surface area contributed by atoms with Crippen LogP contribution in [-0.2, 0) is 0 Å². The third-order valence-corrected chi connectivity index (χ3v) is 4.39. The molecule has 0 spiro atoms. The molecule has 1 aliphatic carbocycles. The van der Waals surface area contributed by atoms with Gasteiger partial charge in [0.25, 0.3) is 5.91 Å². The van der Waals surface area contributed by atoms with Gasteiger partial charge in [-0.05, 0) is 30.7 Å². The molecule has 1 amide bonds. The zero-order valence-corrected chi connectivity index (χ0v) is 11.6. The predicted octanol–water partition coefficient (Wildman–Crippen LogP) is 2.76. The summed E-state index contributed by atoms with van der Waals surface area (Å²) in [5.41, 5.74) is 0.0680. The molecule has 1 aliphatic rings. The average Bonchev–Trinajstić information content (AvgIpc) is 2.84. The fraction of sp³-hybridized carbons (Fsp3) is 0.538. The van der Waals surface area contributed by atoms with Gasteiger partial charge >= 0.3 is 0 Å². The van der Waals surface area contributed by atoms with Crippen molar-refractivity contribution in [2.75, 3.05) is 11.9 Å². The standard InChI is InChI=1S/C13H16BrFN2O/c14-6-9-2-1-3-10(9)7-17-13(18)11-4-5-16-8-12(11)15/h4-5,8-10H,1-3,6-7H2,(H,17,18). The first-order valence-corrected chi connectivity index (χ1v) is 7.28. The number of carbonyl (C=O) groups is 1. The van der Waals surface area contributed by atoms with Crippen molar-refractivity contribution in [2.24, 2.45) is 11.8 Å². The highest BCUT2D eigenvalue weighted by atomic mass is 79.9. The molecule has 0 aromatic carbocycles. The zero-order valence-electron chi connectivity index (χ0n) is 10.0. The van der Waals surface area contributed by atoms with Crippen molar-refractivity contribution >= 4 is 21.8 Å². The van der Waals surface area contributed by atoms with Crippen LogP contribution in [0.25, 0.3) is 0 Å². The lowest BCUT2D eigenvalue weighted by Gasteiger charge is -2.17. The summed E-state index contributed by atoms with van der Waals surface area (Å²) in [6.07, 6.45) is 6.03. The van der Waals surface area contributed by atoms with E-state index in [1.54, 1.807) is 0 Å². The highest BCUT2D eigenvalue weighted by Crippen LogP contribution is 2.32. The number of nitrogens with one attached hydrogen (secondary N) is 1. The Bertz CT molecular complexity index is 427. The summed E-state index contributed by atoms with van der Waals surface area (Å²) < 4.78 is 13.4. The van der Waals surface area contributed by atoms with Gasteiger partial charge in [-0.1, -0.05) is 22.4 Å². The van der Waals surface area contributed by atoms with Gasteiger partial charge in [0.05, 0.1) is 11.8 Å². The van der Waals surface area contributed by atoms with Crippen LogP contribution in [0, 0.1) is 17.7 Å². The predicted molar refractivity (Wildman–Crippen MR) is 71.2 cm³/mol.